The lowest BCUT2D eigenvalue weighted by atomic mass is 10.0. The monoisotopic (exact) mass is 523 g/mol. The number of rotatable bonds is 16. The molecule has 12 nitrogen and oxygen atoms in total. The fourth-order valence-electron chi connectivity index (χ4n) is 3.17. The van der Waals surface area contributed by atoms with Gasteiger partial charge in [-0.25, -0.2) is 4.79 Å². The Hall–Kier alpha value is -3.32. The summed E-state index contributed by atoms with van der Waals surface area (Å²) in [6.45, 7) is 1.71. The third kappa shape index (κ3) is 11.9. The van der Waals surface area contributed by atoms with E-state index in [2.05, 4.69) is 20.9 Å². The molecule has 0 heterocycles. The maximum absolute atomic E-state index is 13.2. The van der Waals surface area contributed by atoms with Gasteiger partial charge in [-0.2, -0.15) is 11.8 Å². The smallest absolute Gasteiger partial charge is 0.326 e. The van der Waals surface area contributed by atoms with Crippen molar-refractivity contribution in [2.75, 3.05) is 18.6 Å². The van der Waals surface area contributed by atoms with Gasteiger partial charge in [0.2, 0.25) is 17.7 Å². The number of hydrogen-bond donors (Lipinski definition) is 7. The second kappa shape index (κ2) is 16.4. The maximum Gasteiger partial charge on any atom is 0.326 e. The lowest BCUT2D eigenvalue weighted by Gasteiger charge is -2.25. The van der Waals surface area contributed by atoms with E-state index >= 15 is 0 Å². The van der Waals surface area contributed by atoms with E-state index in [1.54, 1.807) is 24.3 Å². The average Bonchev–Trinajstić information content (AvgIpc) is 2.83. The minimum absolute atomic E-state index is 0.107. The lowest BCUT2D eigenvalue weighted by Crippen LogP contribution is -2.57. The summed E-state index contributed by atoms with van der Waals surface area (Å²) in [5.74, 6) is -2.53. The van der Waals surface area contributed by atoms with Crippen molar-refractivity contribution in [3.05, 3.63) is 35.9 Å². The number of guanidine groups is 1. The molecule has 0 aliphatic carbocycles. The highest BCUT2D eigenvalue weighted by atomic mass is 32.2. The number of carbonyl (C=O) groups is 4. The SMILES string of the molecule is CSCCC(NC(=O)C(CCCN=C(N)N)NC(=O)C(Cc1ccccc1)NC(=O)C(C)N)C(=O)O. The first-order chi connectivity index (χ1) is 17.0. The third-order valence-corrected chi connectivity index (χ3v) is 5.78. The van der Waals surface area contributed by atoms with Gasteiger partial charge in [0.05, 0.1) is 6.04 Å². The number of benzene rings is 1. The standard InChI is InChI=1S/C23H37N7O5S/c1-14(24)19(31)30-18(13-15-7-4-3-5-8-15)21(33)28-16(9-6-11-27-23(25)26)20(32)29-17(22(34)35)10-12-36-2/h3-5,7-8,14,16-18H,6,9-13,24H2,1-2H3,(H,28,33)(H,29,32)(H,30,31)(H,34,35)(H4,25,26,27). The molecule has 1 aromatic carbocycles. The van der Waals surface area contributed by atoms with Crippen molar-refractivity contribution in [1.29, 1.82) is 0 Å². The zero-order valence-electron chi connectivity index (χ0n) is 20.6. The quantitative estimate of drug-likeness (QED) is 0.0795. The van der Waals surface area contributed by atoms with Gasteiger partial charge in [-0.1, -0.05) is 30.3 Å². The molecule has 0 bridgehead atoms. The molecule has 1 rings (SSSR count). The molecule has 0 saturated carbocycles. The number of nitrogens with zero attached hydrogens (tertiary/aromatic N) is 1. The topological polar surface area (TPSA) is 215 Å². The van der Waals surface area contributed by atoms with Crippen molar-refractivity contribution < 1.29 is 24.3 Å². The van der Waals surface area contributed by atoms with Crippen LogP contribution in [0.25, 0.3) is 0 Å². The normalized spacial score (nSPS) is 14.0. The van der Waals surface area contributed by atoms with Crippen LogP contribution in [-0.2, 0) is 25.6 Å². The van der Waals surface area contributed by atoms with Gasteiger partial charge < -0.3 is 38.3 Å². The number of aliphatic imine (C=N–C) groups is 1. The van der Waals surface area contributed by atoms with Crippen LogP contribution in [0.1, 0.15) is 31.7 Å². The van der Waals surface area contributed by atoms with Crippen molar-refractivity contribution in [1.82, 2.24) is 16.0 Å². The van der Waals surface area contributed by atoms with Crippen LogP contribution < -0.4 is 33.2 Å². The summed E-state index contributed by atoms with van der Waals surface area (Å²) >= 11 is 1.45. The summed E-state index contributed by atoms with van der Waals surface area (Å²) in [5, 5.41) is 17.2. The fraction of sp³-hybridized carbons (Fsp3) is 0.522. The van der Waals surface area contributed by atoms with Gasteiger partial charge >= 0.3 is 5.97 Å². The van der Waals surface area contributed by atoms with E-state index in [1.807, 2.05) is 12.3 Å². The molecule has 1 aromatic rings. The maximum atomic E-state index is 13.2. The second-order valence-electron chi connectivity index (χ2n) is 8.23. The first-order valence-corrected chi connectivity index (χ1v) is 12.9. The Balaban J connectivity index is 3.07. The molecule has 0 fully saturated rings. The molecule has 0 spiro atoms. The van der Waals surface area contributed by atoms with Crippen LogP contribution in [0.4, 0.5) is 0 Å². The van der Waals surface area contributed by atoms with Crippen LogP contribution in [0.2, 0.25) is 0 Å². The van der Waals surface area contributed by atoms with Gasteiger partial charge in [-0.3, -0.25) is 19.4 Å². The first kappa shape index (κ1) is 30.7. The largest absolute Gasteiger partial charge is 0.480 e. The highest BCUT2D eigenvalue weighted by Crippen LogP contribution is 2.07. The second-order valence-corrected chi connectivity index (χ2v) is 9.22. The average molecular weight is 524 g/mol. The van der Waals surface area contributed by atoms with Crippen molar-refractivity contribution in [3.8, 4) is 0 Å². The molecule has 200 valence electrons. The molecule has 3 amide bonds. The Morgan fingerprint density at radius 2 is 1.53 bits per heavy atom. The molecule has 36 heavy (non-hydrogen) atoms. The van der Waals surface area contributed by atoms with E-state index in [-0.39, 0.29) is 31.8 Å². The van der Waals surface area contributed by atoms with Gasteiger partial charge in [0.15, 0.2) is 5.96 Å². The highest BCUT2D eigenvalue weighted by Gasteiger charge is 2.29. The molecule has 0 aliphatic heterocycles. The molecule has 0 saturated heterocycles. The molecule has 10 N–H and O–H groups in total. The van der Waals surface area contributed by atoms with Crippen LogP contribution in [-0.4, -0.2) is 77.5 Å². The summed E-state index contributed by atoms with van der Waals surface area (Å²) in [7, 11) is 0. The Bertz CT molecular complexity index is 894. The number of thioether (sulfide) groups is 1. The molecular weight excluding hydrogens is 486 g/mol. The van der Waals surface area contributed by atoms with E-state index in [9.17, 15) is 24.3 Å². The van der Waals surface area contributed by atoms with Gasteiger partial charge in [-0.05, 0) is 43.8 Å². The number of nitrogens with two attached hydrogens (primary N) is 3. The first-order valence-electron chi connectivity index (χ1n) is 11.5. The van der Waals surface area contributed by atoms with Crippen LogP contribution in [0.5, 0.6) is 0 Å². The zero-order chi connectivity index (χ0) is 27.1. The van der Waals surface area contributed by atoms with E-state index in [4.69, 9.17) is 17.2 Å². The Labute approximate surface area is 215 Å². The predicted molar refractivity (Wildman–Crippen MR) is 140 cm³/mol. The molecule has 4 atom stereocenters. The number of carboxylic acid groups (broad SMARTS) is 1. The summed E-state index contributed by atoms with van der Waals surface area (Å²) in [6.07, 6.45) is 2.70. The highest BCUT2D eigenvalue weighted by molar-refractivity contribution is 7.98. The van der Waals surface area contributed by atoms with Gasteiger partial charge in [0.25, 0.3) is 0 Å². The number of nitrogens with one attached hydrogen (secondary N) is 3. The molecule has 4 unspecified atom stereocenters. The Kier molecular flexibility index (Phi) is 14.0. The summed E-state index contributed by atoms with van der Waals surface area (Å²) in [4.78, 5) is 54.0. The third-order valence-electron chi connectivity index (χ3n) is 5.13. The molecular formula is C23H37N7O5S. The van der Waals surface area contributed by atoms with E-state index in [0.717, 1.165) is 5.56 Å². The van der Waals surface area contributed by atoms with Crippen LogP contribution in [0.3, 0.4) is 0 Å². The van der Waals surface area contributed by atoms with Gasteiger partial charge in [-0.15, -0.1) is 0 Å². The minimum atomic E-state index is -1.17. The summed E-state index contributed by atoms with van der Waals surface area (Å²) in [5.41, 5.74) is 17.1. The summed E-state index contributed by atoms with van der Waals surface area (Å²) < 4.78 is 0. The number of aliphatic carboxylic acids is 1. The van der Waals surface area contributed by atoms with Crippen molar-refractivity contribution >= 4 is 41.4 Å². The molecule has 13 heteroatoms. The number of hydrogen-bond acceptors (Lipinski definition) is 7. The van der Waals surface area contributed by atoms with Crippen molar-refractivity contribution in [2.24, 2.45) is 22.2 Å². The van der Waals surface area contributed by atoms with Crippen LogP contribution in [0.15, 0.2) is 35.3 Å². The van der Waals surface area contributed by atoms with Gasteiger partial charge in [0, 0.05) is 13.0 Å². The Morgan fingerprint density at radius 3 is 2.08 bits per heavy atom. The molecule has 0 aliphatic rings. The van der Waals surface area contributed by atoms with Crippen LogP contribution in [0, 0.1) is 0 Å². The van der Waals surface area contributed by atoms with E-state index in [0.29, 0.717) is 12.2 Å². The predicted octanol–water partition coefficient (Wildman–Crippen LogP) is -1.08. The zero-order valence-corrected chi connectivity index (χ0v) is 21.4. The minimum Gasteiger partial charge on any atom is -0.480 e. The lowest BCUT2D eigenvalue weighted by molar-refractivity contribution is -0.142. The van der Waals surface area contributed by atoms with E-state index < -0.39 is 47.9 Å². The molecule has 0 radical (unpaired) electrons. The van der Waals surface area contributed by atoms with Crippen molar-refractivity contribution in [2.45, 2.75) is 56.8 Å². The summed E-state index contributed by atoms with van der Waals surface area (Å²) in [6, 6.07) is 5.01. The number of carbonyl (C=O) groups excluding carboxylic acids is 3. The fourth-order valence-corrected chi connectivity index (χ4v) is 3.64. The van der Waals surface area contributed by atoms with Crippen molar-refractivity contribution in [3.63, 3.8) is 0 Å². The Morgan fingerprint density at radius 1 is 0.944 bits per heavy atom. The number of amides is 3. The van der Waals surface area contributed by atoms with Gasteiger partial charge in [0.1, 0.15) is 18.1 Å². The molecule has 0 aromatic heterocycles. The van der Waals surface area contributed by atoms with E-state index in [1.165, 1.54) is 18.7 Å². The number of carboxylic acids is 1. The van der Waals surface area contributed by atoms with Crippen LogP contribution >= 0.6 is 11.8 Å².